The Hall–Kier alpha value is -5.30. The summed E-state index contributed by atoms with van der Waals surface area (Å²) in [7, 11) is 0. The van der Waals surface area contributed by atoms with Crippen molar-refractivity contribution in [3.05, 3.63) is 168 Å². The van der Waals surface area contributed by atoms with E-state index in [1.807, 2.05) is 91.0 Å². The average molecular weight is 677 g/mol. The molecule has 4 aliphatic carbocycles. The Kier molecular flexibility index (Phi) is 10.9. The molecule has 6 aromatic rings. The lowest BCUT2D eigenvalue weighted by molar-refractivity contribution is 0.000364. The third-order valence-electron chi connectivity index (χ3n) is 10.7. The van der Waals surface area contributed by atoms with E-state index in [4.69, 9.17) is 34.4 Å². The molecule has 0 radical (unpaired) electrons. The van der Waals surface area contributed by atoms with Crippen LogP contribution < -0.4 is 34.4 Å². The standard InChI is InChI=1S/C19H17N.C10H10N2.C10H17N.C6H8N2/c20-19(16-10-4-1-5-11-16,17-12-6-2-7-13-17)18-14-8-3-9-15-18;11-9-5-1-3-7-8(9)4-2-6-10(7)12;11-10-4-7-1-8(5-10)3-9(2-7)6-10;7-5-1-2-6(8)4-3-5/h1-15H,20H2;1-6H,11-12H2;7-9H,1-6,11H2;1-4H,7-8H2. The average Bonchev–Trinajstić information content (AvgIpc) is 3.14. The van der Waals surface area contributed by atoms with Crippen LogP contribution in [0.1, 0.15) is 55.2 Å². The summed E-state index contributed by atoms with van der Waals surface area (Å²) in [6.45, 7) is 0. The van der Waals surface area contributed by atoms with Crippen molar-refractivity contribution >= 4 is 33.5 Å². The number of benzene rings is 6. The molecule has 0 atom stereocenters. The highest BCUT2D eigenvalue weighted by Crippen LogP contribution is 2.54. The molecule has 10 rings (SSSR count). The largest absolute Gasteiger partial charge is 0.399 e. The molecule has 6 heteroatoms. The first-order chi connectivity index (χ1) is 24.6. The number of rotatable bonds is 3. The summed E-state index contributed by atoms with van der Waals surface area (Å²) in [5, 5.41) is 2.05. The maximum absolute atomic E-state index is 6.86. The van der Waals surface area contributed by atoms with Gasteiger partial charge in [-0.15, -0.1) is 0 Å². The molecule has 4 bridgehead atoms. The molecular formula is C45H52N6. The van der Waals surface area contributed by atoms with Gasteiger partial charge in [0.15, 0.2) is 0 Å². The van der Waals surface area contributed by atoms with Gasteiger partial charge >= 0.3 is 0 Å². The predicted molar refractivity (Wildman–Crippen MR) is 217 cm³/mol. The van der Waals surface area contributed by atoms with Crippen LogP contribution in [0.15, 0.2) is 152 Å². The fraction of sp³-hybridized carbons (Fsp3) is 0.244. The molecule has 6 aromatic carbocycles. The van der Waals surface area contributed by atoms with Crippen LogP contribution in [0.25, 0.3) is 10.8 Å². The summed E-state index contributed by atoms with van der Waals surface area (Å²) in [5.41, 5.74) is 41.5. The Morgan fingerprint density at radius 3 is 1.02 bits per heavy atom. The zero-order valence-corrected chi connectivity index (χ0v) is 29.4. The monoisotopic (exact) mass is 676 g/mol. The minimum absolute atomic E-state index is 0.300. The van der Waals surface area contributed by atoms with Crippen LogP contribution in [0.4, 0.5) is 22.7 Å². The number of hydrogen-bond donors (Lipinski definition) is 6. The van der Waals surface area contributed by atoms with E-state index < -0.39 is 5.54 Å². The van der Waals surface area contributed by atoms with Crippen molar-refractivity contribution in [2.24, 2.45) is 29.2 Å². The summed E-state index contributed by atoms with van der Waals surface area (Å²) in [4.78, 5) is 0. The summed E-state index contributed by atoms with van der Waals surface area (Å²) in [5.74, 6) is 3.06. The predicted octanol–water partition coefficient (Wildman–Crippen LogP) is 8.71. The van der Waals surface area contributed by atoms with E-state index in [-0.39, 0.29) is 0 Å². The minimum Gasteiger partial charge on any atom is -0.399 e. The lowest BCUT2D eigenvalue weighted by Gasteiger charge is -2.55. The molecule has 6 nitrogen and oxygen atoms in total. The smallest absolute Gasteiger partial charge is 0.0922 e. The Morgan fingerprint density at radius 1 is 0.412 bits per heavy atom. The number of hydrogen-bond acceptors (Lipinski definition) is 6. The summed E-state index contributed by atoms with van der Waals surface area (Å²) in [6, 6.07) is 49.3. The molecule has 0 unspecified atom stereocenters. The van der Waals surface area contributed by atoms with E-state index in [1.165, 1.54) is 38.5 Å². The van der Waals surface area contributed by atoms with Crippen molar-refractivity contribution < 1.29 is 0 Å². The molecule has 0 aromatic heterocycles. The summed E-state index contributed by atoms with van der Waals surface area (Å²) >= 11 is 0. The molecule has 4 fully saturated rings. The zero-order chi connectivity index (χ0) is 35.8. The van der Waals surface area contributed by atoms with Gasteiger partial charge in [0, 0.05) is 39.1 Å². The van der Waals surface area contributed by atoms with Crippen molar-refractivity contribution in [3.8, 4) is 0 Å². The molecule has 0 heterocycles. The molecule has 51 heavy (non-hydrogen) atoms. The summed E-state index contributed by atoms with van der Waals surface area (Å²) < 4.78 is 0. The second kappa shape index (κ2) is 15.7. The summed E-state index contributed by atoms with van der Waals surface area (Å²) in [6.07, 6.45) is 8.57. The molecule has 12 N–H and O–H groups in total. The van der Waals surface area contributed by atoms with Gasteiger partial charge in [0.05, 0.1) is 5.54 Å². The molecule has 4 saturated carbocycles. The van der Waals surface area contributed by atoms with Crippen molar-refractivity contribution in [3.63, 3.8) is 0 Å². The maximum Gasteiger partial charge on any atom is 0.0922 e. The van der Waals surface area contributed by atoms with Gasteiger partial charge in [-0.25, -0.2) is 0 Å². The minimum atomic E-state index is -0.621. The highest BCUT2D eigenvalue weighted by molar-refractivity contribution is 5.99. The van der Waals surface area contributed by atoms with E-state index >= 15 is 0 Å². The van der Waals surface area contributed by atoms with Crippen LogP contribution in [-0.4, -0.2) is 5.54 Å². The van der Waals surface area contributed by atoms with Gasteiger partial charge in [-0.3, -0.25) is 0 Å². The van der Waals surface area contributed by atoms with Crippen LogP contribution in [0.3, 0.4) is 0 Å². The van der Waals surface area contributed by atoms with Crippen LogP contribution in [0.5, 0.6) is 0 Å². The lowest BCUT2D eigenvalue weighted by Crippen LogP contribution is -2.55. The van der Waals surface area contributed by atoms with E-state index in [0.29, 0.717) is 5.54 Å². The second-order valence-corrected chi connectivity index (χ2v) is 14.6. The van der Waals surface area contributed by atoms with Crippen molar-refractivity contribution in [1.29, 1.82) is 0 Å². The normalized spacial score (nSPS) is 21.3. The fourth-order valence-electron chi connectivity index (χ4n) is 8.64. The SMILES string of the molecule is NC(c1ccccc1)(c1ccccc1)c1ccccc1.NC12CC3CC(CC(C3)C1)C2.Nc1ccc(N)cc1.Nc1cccc2c(N)cccc12. The maximum atomic E-state index is 6.86. The molecule has 0 saturated heterocycles. The number of nitrogens with two attached hydrogens (primary N) is 6. The van der Waals surface area contributed by atoms with E-state index in [0.717, 1.165) is 68.0 Å². The second-order valence-electron chi connectivity index (χ2n) is 14.6. The van der Waals surface area contributed by atoms with Crippen molar-refractivity contribution in [2.45, 2.75) is 49.6 Å². The number of fused-ring (bicyclic) bond motifs is 1. The van der Waals surface area contributed by atoms with E-state index in [1.54, 1.807) is 24.3 Å². The van der Waals surface area contributed by atoms with Gasteiger partial charge in [-0.05, 0) is 109 Å². The van der Waals surface area contributed by atoms with Gasteiger partial charge in [-0.1, -0.05) is 115 Å². The Labute approximate surface area is 302 Å². The highest BCUT2D eigenvalue weighted by atomic mass is 14.8. The van der Waals surface area contributed by atoms with Gasteiger partial charge in [0.2, 0.25) is 0 Å². The molecule has 0 aliphatic heterocycles. The van der Waals surface area contributed by atoms with Crippen LogP contribution in [0, 0.1) is 17.8 Å². The van der Waals surface area contributed by atoms with Crippen LogP contribution in [0.2, 0.25) is 0 Å². The van der Waals surface area contributed by atoms with Gasteiger partial charge in [-0.2, -0.15) is 0 Å². The van der Waals surface area contributed by atoms with Crippen LogP contribution in [-0.2, 0) is 5.54 Å². The first-order valence-electron chi connectivity index (χ1n) is 18.0. The fourth-order valence-corrected chi connectivity index (χ4v) is 8.64. The Balaban J connectivity index is 0.000000124. The van der Waals surface area contributed by atoms with E-state index in [2.05, 4.69) is 36.4 Å². The van der Waals surface area contributed by atoms with Crippen molar-refractivity contribution in [2.75, 3.05) is 22.9 Å². The van der Waals surface area contributed by atoms with E-state index in [9.17, 15) is 0 Å². The zero-order valence-electron chi connectivity index (χ0n) is 29.4. The third-order valence-corrected chi connectivity index (χ3v) is 10.7. The molecular weight excluding hydrogens is 625 g/mol. The van der Waals surface area contributed by atoms with Crippen molar-refractivity contribution in [1.82, 2.24) is 0 Å². The number of anilines is 4. The van der Waals surface area contributed by atoms with Gasteiger partial charge in [0.1, 0.15) is 0 Å². The molecule has 262 valence electrons. The quantitative estimate of drug-likeness (QED) is 0.0813. The first kappa shape index (κ1) is 35.5. The topological polar surface area (TPSA) is 156 Å². The Bertz CT molecular complexity index is 1780. The van der Waals surface area contributed by atoms with Gasteiger partial charge < -0.3 is 34.4 Å². The Morgan fingerprint density at radius 2 is 0.725 bits per heavy atom. The van der Waals surface area contributed by atoms with Crippen LogP contribution >= 0.6 is 0 Å². The highest BCUT2D eigenvalue weighted by Gasteiger charge is 2.48. The molecule has 0 amide bonds. The molecule has 4 aliphatic rings. The van der Waals surface area contributed by atoms with Gasteiger partial charge in [0.25, 0.3) is 0 Å². The number of nitrogen functional groups attached to an aromatic ring is 4. The first-order valence-corrected chi connectivity index (χ1v) is 18.0. The lowest BCUT2D eigenvalue weighted by atomic mass is 9.53. The third kappa shape index (κ3) is 8.54. The molecule has 0 spiro atoms.